The molecule has 0 radical (unpaired) electrons. The van der Waals surface area contributed by atoms with Crippen molar-refractivity contribution in [2.75, 3.05) is 6.61 Å². The summed E-state index contributed by atoms with van der Waals surface area (Å²) in [5.41, 5.74) is 0.993. The van der Waals surface area contributed by atoms with Crippen molar-refractivity contribution in [2.45, 2.75) is 13.8 Å². The Morgan fingerprint density at radius 2 is 2.38 bits per heavy atom. The van der Waals surface area contributed by atoms with E-state index in [1.54, 1.807) is 6.92 Å². The van der Waals surface area contributed by atoms with Gasteiger partial charge in [0.25, 0.3) is 0 Å². The lowest BCUT2D eigenvalue weighted by Crippen LogP contribution is -1.85. The highest BCUT2D eigenvalue weighted by Crippen LogP contribution is 1.84. The van der Waals surface area contributed by atoms with Crippen molar-refractivity contribution in [3.05, 3.63) is 12.2 Å². The standard InChI is InChI=1S/C7H10O/c1-4-5-8-6-7(2)3/h2,6H2,1,3H3. The van der Waals surface area contributed by atoms with Crippen molar-refractivity contribution in [1.82, 2.24) is 0 Å². The maximum Gasteiger partial charge on any atom is 0.121 e. The van der Waals surface area contributed by atoms with Gasteiger partial charge in [0, 0.05) is 6.92 Å². The molecule has 0 saturated heterocycles. The molecule has 0 heterocycles. The van der Waals surface area contributed by atoms with Crippen LogP contribution in [-0.4, -0.2) is 6.61 Å². The molecule has 0 unspecified atom stereocenters. The highest BCUT2D eigenvalue weighted by Gasteiger charge is 1.78. The Hall–Kier alpha value is -0.900. The number of ether oxygens (including phenoxy) is 1. The van der Waals surface area contributed by atoms with Crippen molar-refractivity contribution in [2.24, 2.45) is 0 Å². The maximum absolute atomic E-state index is 4.78. The van der Waals surface area contributed by atoms with Gasteiger partial charge in [-0.1, -0.05) is 12.5 Å². The van der Waals surface area contributed by atoms with Crippen LogP contribution in [-0.2, 0) is 4.74 Å². The Morgan fingerprint density at radius 3 is 2.75 bits per heavy atom. The van der Waals surface area contributed by atoms with Gasteiger partial charge in [-0.05, 0) is 12.5 Å². The second kappa shape index (κ2) is 4.26. The minimum atomic E-state index is 0.542. The first-order valence-electron chi connectivity index (χ1n) is 2.45. The fourth-order valence-electron chi connectivity index (χ4n) is 0.231. The summed E-state index contributed by atoms with van der Waals surface area (Å²) in [7, 11) is 0. The normalized spacial score (nSPS) is 6.75. The zero-order valence-electron chi connectivity index (χ0n) is 5.32. The lowest BCUT2D eigenvalue weighted by molar-refractivity contribution is 0.311. The van der Waals surface area contributed by atoms with Crippen LogP contribution in [0.25, 0.3) is 0 Å². The van der Waals surface area contributed by atoms with E-state index in [1.807, 2.05) is 6.92 Å². The average Bonchev–Trinajstić information content (AvgIpc) is 1.66. The van der Waals surface area contributed by atoms with E-state index in [2.05, 4.69) is 18.6 Å². The molecule has 1 nitrogen and oxygen atoms in total. The van der Waals surface area contributed by atoms with Crippen LogP contribution in [0, 0.1) is 12.0 Å². The van der Waals surface area contributed by atoms with Crippen LogP contribution in [0.2, 0.25) is 0 Å². The van der Waals surface area contributed by atoms with Gasteiger partial charge in [0.15, 0.2) is 0 Å². The van der Waals surface area contributed by atoms with Crippen LogP contribution in [0.4, 0.5) is 0 Å². The minimum absolute atomic E-state index is 0.542. The molecule has 0 spiro atoms. The van der Waals surface area contributed by atoms with Crippen LogP contribution in [0.1, 0.15) is 13.8 Å². The first kappa shape index (κ1) is 7.10. The predicted molar refractivity (Wildman–Crippen MR) is 34.2 cm³/mol. The number of hydrogen-bond acceptors (Lipinski definition) is 1. The fourth-order valence-corrected chi connectivity index (χ4v) is 0.231. The van der Waals surface area contributed by atoms with Crippen LogP contribution in [0.5, 0.6) is 0 Å². The maximum atomic E-state index is 4.78. The lowest BCUT2D eigenvalue weighted by atomic mass is 10.4. The van der Waals surface area contributed by atoms with E-state index in [9.17, 15) is 0 Å². The van der Waals surface area contributed by atoms with Gasteiger partial charge in [0.2, 0.25) is 0 Å². The molecular formula is C7H10O. The van der Waals surface area contributed by atoms with Crippen molar-refractivity contribution < 1.29 is 4.74 Å². The minimum Gasteiger partial charge on any atom is -0.442 e. The molecule has 8 heavy (non-hydrogen) atoms. The monoisotopic (exact) mass is 110 g/mol. The Labute approximate surface area is 50.4 Å². The van der Waals surface area contributed by atoms with E-state index in [4.69, 9.17) is 4.74 Å². The summed E-state index contributed by atoms with van der Waals surface area (Å²) >= 11 is 0. The topological polar surface area (TPSA) is 9.23 Å². The Kier molecular flexibility index (Phi) is 3.78. The molecule has 0 rings (SSSR count). The molecule has 0 aromatic rings. The van der Waals surface area contributed by atoms with E-state index in [1.165, 1.54) is 0 Å². The van der Waals surface area contributed by atoms with Crippen LogP contribution in [0.3, 0.4) is 0 Å². The van der Waals surface area contributed by atoms with Gasteiger partial charge >= 0.3 is 0 Å². The van der Waals surface area contributed by atoms with Crippen molar-refractivity contribution in [3.8, 4) is 12.0 Å². The van der Waals surface area contributed by atoms with Gasteiger partial charge in [-0.3, -0.25) is 0 Å². The molecule has 0 bridgehead atoms. The lowest BCUT2D eigenvalue weighted by Gasteiger charge is -1.92. The summed E-state index contributed by atoms with van der Waals surface area (Å²) in [5, 5.41) is 0. The third kappa shape index (κ3) is 5.10. The largest absolute Gasteiger partial charge is 0.442 e. The van der Waals surface area contributed by atoms with E-state index in [-0.39, 0.29) is 0 Å². The molecule has 0 atom stereocenters. The fraction of sp³-hybridized carbons (Fsp3) is 0.429. The first-order valence-corrected chi connectivity index (χ1v) is 2.45. The second-order valence-electron chi connectivity index (χ2n) is 1.60. The Balaban J connectivity index is 3.14. The van der Waals surface area contributed by atoms with Crippen LogP contribution < -0.4 is 0 Å². The van der Waals surface area contributed by atoms with Crippen molar-refractivity contribution in [3.63, 3.8) is 0 Å². The number of hydrogen-bond donors (Lipinski definition) is 0. The third-order valence-electron chi connectivity index (χ3n) is 0.493. The molecule has 0 aromatic carbocycles. The molecule has 0 N–H and O–H groups in total. The summed E-state index contributed by atoms with van der Waals surface area (Å²) in [4.78, 5) is 0. The van der Waals surface area contributed by atoms with Gasteiger partial charge in [0.05, 0.1) is 0 Å². The molecule has 1 heteroatoms. The summed E-state index contributed by atoms with van der Waals surface area (Å²) in [6.45, 7) is 7.81. The molecule has 0 amide bonds. The molecule has 0 aromatic heterocycles. The summed E-state index contributed by atoms with van der Waals surface area (Å²) < 4.78 is 4.78. The Morgan fingerprint density at radius 1 is 1.75 bits per heavy atom. The molecule has 0 fully saturated rings. The van der Waals surface area contributed by atoms with E-state index >= 15 is 0 Å². The van der Waals surface area contributed by atoms with Crippen LogP contribution >= 0.6 is 0 Å². The molecule has 0 aliphatic carbocycles. The quantitative estimate of drug-likeness (QED) is 0.387. The molecule has 0 aliphatic heterocycles. The highest BCUT2D eigenvalue weighted by atomic mass is 16.5. The second-order valence-corrected chi connectivity index (χ2v) is 1.60. The third-order valence-corrected chi connectivity index (χ3v) is 0.493. The summed E-state index contributed by atoms with van der Waals surface area (Å²) in [5.74, 6) is 2.61. The summed E-state index contributed by atoms with van der Waals surface area (Å²) in [6, 6.07) is 0. The molecule has 0 saturated carbocycles. The SMILES string of the molecule is C=C(C)COC#CC. The van der Waals surface area contributed by atoms with E-state index in [0.29, 0.717) is 6.61 Å². The predicted octanol–water partition coefficient (Wildman–Crippen LogP) is 1.56. The Bertz CT molecular complexity index is 125. The average molecular weight is 110 g/mol. The van der Waals surface area contributed by atoms with Crippen LogP contribution in [0.15, 0.2) is 12.2 Å². The molecule has 0 aliphatic rings. The van der Waals surface area contributed by atoms with Gasteiger partial charge in [-0.25, -0.2) is 0 Å². The zero-order valence-corrected chi connectivity index (χ0v) is 5.32. The molecular weight excluding hydrogens is 100 g/mol. The van der Waals surface area contributed by atoms with Gasteiger partial charge in [0.1, 0.15) is 12.7 Å². The van der Waals surface area contributed by atoms with Crippen molar-refractivity contribution >= 4 is 0 Å². The summed E-state index contributed by atoms with van der Waals surface area (Å²) in [6.07, 6.45) is 2.47. The number of rotatable bonds is 2. The zero-order chi connectivity index (χ0) is 6.41. The molecule has 44 valence electrons. The van der Waals surface area contributed by atoms with E-state index in [0.717, 1.165) is 5.57 Å². The van der Waals surface area contributed by atoms with Gasteiger partial charge in [-0.15, -0.1) is 0 Å². The highest BCUT2D eigenvalue weighted by molar-refractivity contribution is 4.92. The van der Waals surface area contributed by atoms with Gasteiger partial charge in [-0.2, -0.15) is 0 Å². The van der Waals surface area contributed by atoms with Gasteiger partial charge < -0.3 is 4.74 Å². The van der Waals surface area contributed by atoms with Crippen molar-refractivity contribution in [1.29, 1.82) is 0 Å². The first-order chi connectivity index (χ1) is 3.77. The van der Waals surface area contributed by atoms with E-state index < -0.39 is 0 Å². The smallest absolute Gasteiger partial charge is 0.121 e.